The van der Waals surface area contributed by atoms with Crippen LogP contribution in [0.3, 0.4) is 0 Å². The summed E-state index contributed by atoms with van der Waals surface area (Å²) in [4.78, 5) is 22.7. The third-order valence-corrected chi connectivity index (χ3v) is 5.10. The summed E-state index contributed by atoms with van der Waals surface area (Å²) < 4.78 is 1.82. The molecule has 1 aliphatic rings. The molecule has 7 heteroatoms. The van der Waals surface area contributed by atoms with Gasteiger partial charge in [-0.3, -0.25) is 9.48 Å². The molecule has 1 fully saturated rings. The van der Waals surface area contributed by atoms with Crippen LogP contribution in [0.25, 0.3) is 11.0 Å². The number of hydrogen-bond donors (Lipinski definition) is 1. The lowest BCUT2D eigenvalue weighted by Crippen LogP contribution is -2.31. The van der Waals surface area contributed by atoms with Crippen LogP contribution in [-0.2, 0) is 18.3 Å². The Kier molecular flexibility index (Phi) is 4.21. The largest absolute Gasteiger partial charge is 0.340 e. The first-order valence-corrected chi connectivity index (χ1v) is 8.91. The number of aromatic amines is 1. The molecule has 0 saturated carbocycles. The van der Waals surface area contributed by atoms with E-state index < -0.39 is 0 Å². The monoisotopic (exact) mass is 357 g/mol. The van der Waals surface area contributed by atoms with Crippen molar-refractivity contribution in [3.05, 3.63) is 47.0 Å². The average molecular weight is 358 g/mol. The number of aromatic nitrogens is 4. The summed E-state index contributed by atoms with van der Waals surface area (Å²) in [6.07, 6.45) is 4.89. The second-order valence-electron chi connectivity index (χ2n) is 6.47. The lowest BCUT2D eigenvalue weighted by atomic mass is 10.2. The Bertz CT molecular complexity index is 915. The second kappa shape index (κ2) is 6.52. The topological polar surface area (TPSA) is 66.8 Å². The minimum atomic E-state index is 0.0187. The highest BCUT2D eigenvalue weighted by Crippen LogP contribution is 2.32. The molecule has 0 unspecified atom stereocenters. The molecule has 1 aliphatic heterocycles. The molecular weight excluding hydrogens is 338 g/mol. The number of hydrogen-bond acceptors (Lipinski definition) is 3. The molecule has 130 valence electrons. The maximum Gasteiger partial charge on any atom is 0.223 e. The van der Waals surface area contributed by atoms with E-state index in [9.17, 15) is 4.79 Å². The minimum absolute atomic E-state index is 0.0187. The van der Waals surface area contributed by atoms with Crippen LogP contribution in [0.15, 0.2) is 30.5 Å². The standard InChI is InChI=1S/C18H20ClN5O/c1-23-13(8-9-20-23)5-7-17(25)24-10-2-3-16(24)18-21-14-6-4-12(19)11-15(14)22-18/h4,6,8-9,11,16H,2-3,5,7,10H2,1H3,(H,21,22)/t16-/m0/s1. The zero-order chi connectivity index (χ0) is 17.4. The molecule has 2 aromatic heterocycles. The number of fused-ring (bicyclic) bond motifs is 1. The van der Waals surface area contributed by atoms with Crippen LogP contribution in [0.5, 0.6) is 0 Å². The molecule has 0 bridgehead atoms. The molecule has 1 atom stereocenters. The maximum atomic E-state index is 12.7. The molecule has 1 N–H and O–H groups in total. The van der Waals surface area contributed by atoms with Crippen LogP contribution in [0.1, 0.15) is 36.8 Å². The van der Waals surface area contributed by atoms with Crippen molar-refractivity contribution in [3.8, 4) is 0 Å². The molecule has 4 rings (SSSR count). The van der Waals surface area contributed by atoms with Gasteiger partial charge in [0.25, 0.3) is 0 Å². The van der Waals surface area contributed by atoms with Gasteiger partial charge in [-0.1, -0.05) is 11.6 Å². The van der Waals surface area contributed by atoms with Gasteiger partial charge in [0.15, 0.2) is 0 Å². The highest BCUT2D eigenvalue weighted by Gasteiger charge is 2.31. The molecular formula is C18H20ClN5O. The summed E-state index contributed by atoms with van der Waals surface area (Å²) in [5, 5.41) is 4.83. The van der Waals surface area contributed by atoms with Crippen LogP contribution in [0, 0.1) is 0 Å². The number of imidazole rings is 1. The number of likely N-dealkylation sites (tertiary alicyclic amines) is 1. The van der Waals surface area contributed by atoms with Crippen LogP contribution in [0.4, 0.5) is 0 Å². The molecule has 0 spiro atoms. The normalized spacial score (nSPS) is 17.5. The fourth-order valence-corrected chi connectivity index (χ4v) is 3.71. The molecule has 3 heterocycles. The van der Waals surface area contributed by atoms with Gasteiger partial charge >= 0.3 is 0 Å². The first kappa shape index (κ1) is 16.1. The first-order chi connectivity index (χ1) is 12.1. The van der Waals surface area contributed by atoms with E-state index in [-0.39, 0.29) is 11.9 Å². The summed E-state index contributed by atoms with van der Waals surface area (Å²) in [5.41, 5.74) is 2.87. The third kappa shape index (κ3) is 3.14. The number of aryl methyl sites for hydroxylation is 2. The Hall–Kier alpha value is -2.34. The van der Waals surface area contributed by atoms with Crippen molar-refractivity contribution in [2.45, 2.75) is 31.7 Å². The molecule has 1 aromatic carbocycles. The number of carbonyl (C=O) groups excluding carboxylic acids is 1. The number of H-pyrrole nitrogens is 1. The Morgan fingerprint density at radius 3 is 3.08 bits per heavy atom. The number of amides is 1. The third-order valence-electron chi connectivity index (χ3n) is 4.87. The quantitative estimate of drug-likeness (QED) is 0.779. The molecule has 1 saturated heterocycles. The van der Waals surface area contributed by atoms with Crippen LogP contribution in [0.2, 0.25) is 5.02 Å². The number of carbonyl (C=O) groups is 1. The Labute approximate surface area is 150 Å². The lowest BCUT2D eigenvalue weighted by molar-refractivity contribution is -0.132. The van der Waals surface area contributed by atoms with Gasteiger partial charge in [-0.2, -0.15) is 5.10 Å². The van der Waals surface area contributed by atoms with Crippen molar-refractivity contribution in [3.63, 3.8) is 0 Å². The zero-order valence-corrected chi connectivity index (χ0v) is 14.8. The van der Waals surface area contributed by atoms with E-state index in [1.807, 2.05) is 40.9 Å². The van der Waals surface area contributed by atoms with Crippen molar-refractivity contribution in [1.82, 2.24) is 24.6 Å². The highest BCUT2D eigenvalue weighted by atomic mass is 35.5. The first-order valence-electron chi connectivity index (χ1n) is 8.53. The van der Waals surface area contributed by atoms with E-state index in [0.29, 0.717) is 17.9 Å². The number of benzene rings is 1. The van der Waals surface area contributed by atoms with E-state index in [1.165, 1.54) is 0 Å². The van der Waals surface area contributed by atoms with Gasteiger partial charge in [-0.15, -0.1) is 0 Å². The van der Waals surface area contributed by atoms with Gasteiger partial charge in [0.1, 0.15) is 5.82 Å². The SMILES string of the molecule is Cn1nccc1CCC(=O)N1CCC[C@H]1c1nc2ccc(Cl)cc2[nH]1. The van der Waals surface area contributed by atoms with Crippen LogP contribution >= 0.6 is 11.6 Å². The van der Waals surface area contributed by atoms with Gasteiger partial charge in [-0.25, -0.2) is 4.98 Å². The van der Waals surface area contributed by atoms with E-state index in [2.05, 4.69) is 15.1 Å². The van der Waals surface area contributed by atoms with Crippen LogP contribution in [-0.4, -0.2) is 37.1 Å². The van der Waals surface area contributed by atoms with E-state index in [1.54, 1.807) is 6.20 Å². The van der Waals surface area contributed by atoms with Gasteiger partial charge in [0.2, 0.25) is 5.91 Å². The molecule has 25 heavy (non-hydrogen) atoms. The fraction of sp³-hybridized carbons (Fsp3) is 0.389. The molecule has 0 aliphatic carbocycles. The number of nitrogens with zero attached hydrogens (tertiary/aromatic N) is 4. The summed E-state index contributed by atoms with van der Waals surface area (Å²) in [6, 6.07) is 7.58. The number of nitrogens with one attached hydrogen (secondary N) is 1. The van der Waals surface area contributed by atoms with Crippen LogP contribution < -0.4 is 0 Å². The fourth-order valence-electron chi connectivity index (χ4n) is 3.53. The molecule has 1 amide bonds. The van der Waals surface area contributed by atoms with E-state index in [4.69, 9.17) is 11.6 Å². The van der Waals surface area contributed by atoms with Crippen molar-refractivity contribution in [1.29, 1.82) is 0 Å². The summed E-state index contributed by atoms with van der Waals surface area (Å²) in [5.74, 6) is 1.02. The molecule has 6 nitrogen and oxygen atoms in total. The van der Waals surface area contributed by atoms with Gasteiger partial charge < -0.3 is 9.88 Å². The van der Waals surface area contributed by atoms with E-state index >= 15 is 0 Å². The highest BCUT2D eigenvalue weighted by molar-refractivity contribution is 6.31. The Morgan fingerprint density at radius 1 is 1.40 bits per heavy atom. The maximum absolute atomic E-state index is 12.7. The molecule has 0 radical (unpaired) electrons. The Morgan fingerprint density at radius 2 is 2.28 bits per heavy atom. The van der Waals surface area contributed by atoms with E-state index in [0.717, 1.165) is 41.9 Å². The summed E-state index contributed by atoms with van der Waals surface area (Å²) in [7, 11) is 1.90. The summed E-state index contributed by atoms with van der Waals surface area (Å²) in [6.45, 7) is 0.784. The zero-order valence-electron chi connectivity index (χ0n) is 14.1. The van der Waals surface area contributed by atoms with Crippen molar-refractivity contribution in [2.75, 3.05) is 6.54 Å². The van der Waals surface area contributed by atoms with Crippen molar-refractivity contribution >= 4 is 28.5 Å². The van der Waals surface area contributed by atoms with Crippen molar-refractivity contribution < 1.29 is 4.79 Å². The van der Waals surface area contributed by atoms with Gasteiger partial charge in [0.05, 0.1) is 17.1 Å². The summed E-state index contributed by atoms with van der Waals surface area (Å²) >= 11 is 6.05. The second-order valence-corrected chi connectivity index (χ2v) is 6.91. The van der Waals surface area contributed by atoms with Gasteiger partial charge in [-0.05, 0) is 43.5 Å². The predicted molar refractivity (Wildman–Crippen MR) is 96.3 cm³/mol. The average Bonchev–Trinajstić information content (AvgIpc) is 3.30. The Balaban J connectivity index is 1.50. The minimum Gasteiger partial charge on any atom is -0.340 e. The number of rotatable bonds is 4. The smallest absolute Gasteiger partial charge is 0.223 e. The van der Waals surface area contributed by atoms with Gasteiger partial charge in [0, 0.05) is 36.9 Å². The predicted octanol–water partition coefficient (Wildman–Crippen LogP) is 3.25. The van der Waals surface area contributed by atoms with Crippen molar-refractivity contribution in [2.24, 2.45) is 7.05 Å². The number of halogens is 1. The lowest BCUT2D eigenvalue weighted by Gasteiger charge is -2.23. The molecule has 3 aromatic rings.